The summed E-state index contributed by atoms with van der Waals surface area (Å²) in [7, 11) is -4.46. The number of rotatable bonds is 5. The molecule has 2 N–H and O–H groups in total. The van der Waals surface area contributed by atoms with Crippen LogP contribution in [-0.2, 0) is 18.6 Å². The fourth-order valence-electron chi connectivity index (χ4n) is 0.414. The Hall–Kier alpha value is -1.45. The van der Waals surface area contributed by atoms with E-state index in [1.807, 2.05) is 0 Å². The van der Waals surface area contributed by atoms with Crippen LogP contribution in [0.15, 0.2) is 24.8 Å². The van der Waals surface area contributed by atoms with Crippen molar-refractivity contribution in [3.8, 4) is 6.07 Å². The predicted molar refractivity (Wildman–Crippen MR) is 59.6 cm³/mol. The molecule has 0 aromatic carbocycles. The fourth-order valence-corrected chi connectivity index (χ4v) is 0.726. The molecule has 8 heteroatoms. The largest absolute Gasteiger partial charge is 0.469 e. The van der Waals surface area contributed by atoms with Gasteiger partial charge in [0.25, 0.3) is 0 Å². The van der Waals surface area contributed by atoms with Crippen LogP contribution in [0.25, 0.3) is 0 Å². The maximum atomic E-state index is 10.7. The van der Waals surface area contributed by atoms with Gasteiger partial charge in [-0.2, -0.15) is 5.26 Å². The number of esters is 1. The molecule has 0 unspecified atom stereocenters. The van der Waals surface area contributed by atoms with Gasteiger partial charge >= 0.3 is 13.8 Å². The summed E-state index contributed by atoms with van der Waals surface area (Å²) >= 11 is 0. The van der Waals surface area contributed by atoms with Gasteiger partial charge in [-0.25, -0.2) is 9.36 Å². The van der Waals surface area contributed by atoms with Crippen molar-refractivity contribution in [2.24, 2.45) is 0 Å². The molecule has 7 nitrogen and oxygen atoms in total. The van der Waals surface area contributed by atoms with E-state index < -0.39 is 13.8 Å². The summed E-state index contributed by atoms with van der Waals surface area (Å²) in [6, 6.07) is 1.69. The zero-order valence-electron chi connectivity index (χ0n) is 9.33. The Bertz CT molecular complexity index is 353. The van der Waals surface area contributed by atoms with Crippen molar-refractivity contribution in [2.75, 3.05) is 13.2 Å². The third-order valence-electron chi connectivity index (χ3n) is 1.02. The Kier molecular flexibility index (Phi) is 10.3. The van der Waals surface area contributed by atoms with Crippen LogP contribution in [-0.4, -0.2) is 29.0 Å². The fraction of sp³-hybridized carbons (Fsp3) is 0.333. The lowest BCUT2D eigenvalue weighted by Gasteiger charge is -2.05. The minimum atomic E-state index is -4.46. The van der Waals surface area contributed by atoms with Crippen molar-refractivity contribution in [3.05, 3.63) is 24.8 Å². The highest BCUT2D eigenvalue weighted by molar-refractivity contribution is 7.46. The first-order chi connectivity index (χ1) is 7.74. The molecule has 0 heterocycles. The van der Waals surface area contributed by atoms with E-state index >= 15 is 0 Å². The van der Waals surface area contributed by atoms with E-state index in [4.69, 9.17) is 15.0 Å². The lowest BCUT2D eigenvalue weighted by atomic mass is 10.4. The average Bonchev–Trinajstić information content (AvgIpc) is 2.23. The SMILES string of the molecule is C=C(C)C(=O)OCCOP(=O)(O)O.C=CC#N. The number of carbonyl (C=O) groups excluding carboxylic acids is 1. The van der Waals surface area contributed by atoms with Crippen molar-refractivity contribution >= 4 is 13.8 Å². The van der Waals surface area contributed by atoms with E-state index in [0.29, 0.717) is 0 Å². The number of hydrogen-bond acceptors (Lipinski definition) is 5. The number of ether oxygens (including phenoxy) is 1. The number of nitriles is 1. The average molecular weight is 263 g/mol. The lowest BCUT2D eigenvalue weighted by molar-refractivity contribution is -0.139. The lowest BCUT2D eigenvalue weighted by Crippen LogP contribution is -2.10. The van der Waals surface area contributed by atoms with Gasteiger partial charge in [0.15, 0.2) is 0 Å². The molecule has 0 aliphatic rings. The first-order valence-electron chi connectivity index (χ1n) is 4.27. The van der Waals surface area contributed by atoms with E-state index in [1.54, 1.807) is 6.07 Å². The van der Waals surface area contributed by atoms with Gasteiger partial charge in [-0.05, 0) is 6.92 Å². The molecule has 17 heavy (non-hydrogen) atoms. The molecule has 0 aromatic rings. The van der Waals surface area contributed by atoms with Gasteiger partial charge in [-0.1, -0.05) is 13.2 Å². The number of hydrogen-bond donors (Lipinski definition) is 2. The number of nitrogens with zero attached hydrogens (tertiary/aromatic N) is 1. The molecule has 0 bridgehead atoms. The van der Waals surface area contributed by atoms with E-state index in [0.717, 1.165) is 0 Å². The third-order valence-corrected chi connectivity index (χ3v) is 1.53. The van der Waals surface area contributed by atoms with Gasteiger partial charge in [0.05, 0.1) is 12.7 Å². The molecular weight excluding hydrogens is 249 g/mol. The normalized spacial score (nSPS) is 9.29. The Labute approximate surface area is 99.2 Å². The third kappa shape index (κ3) is 17.2. The topological polar surface area (TPSA) is 117 Å². The van der Waals surface area contributed by atoms with E-state index in [2.05, 4.69) is 22.4 Å². The highest BCUT2D eigenvalue weighted by Crippen LogP contribution is 2.35. The number of carbonyl (C=O) groups is 1. The summed E-state index contributed by atoms with van der Waals surface area (Å²) in [5.41, 5.74) is 0.219. The Morgan fingerprint density at radius 3 is 2.29 bits per heavy atom. The summed E-state index contributed by atoms with van der Waals surface area (Å²) < 4.78 is 18.6. The van der Waals surface area contributed by atoms with Crippen molar-refractivity contribution in [1.82, 2.24) is 0 Å². The van der Waals surface area contributed by atoms with Crippen LogP contribution in [0.1, 0.15) is 6.92 Å². The molecule has 0 saturated carbocycles. The summed E-state index contributed by atoms with van der Waals surface area (Å²) in [4.78, 5) is 27.1. The van der Waals surface area contributed by atoms with Crippen LogP contribution < -0.4 is 0 Å². The summed E-state index contributed by atoms with van der Waals surface area (Å²) in [5.74, 6) is -0.616. The van der Waals surface area contributed by atoms with E-state index in [-0.39, 0.29) is 18.8 Å². The van der Waals surface area contributed by atoms with Gasteiger partial charge in [0.2, 0.25) is 0 Å². The number of allylic oxidation sites excluding steroid dienone is 1. The minimum Gasteiger partial charge on any atom is -0.460 e. The van der Waals surface area contributed by atoms with Crippen molar-refractivity contribution in [2.45, 2.75) is 6.92 Å². The zero-order chi connectivity index (χ0) is 13.9. The Morgan fingerprint density at radius 2 is 2.00 bits per heavy atom. The predicted octanol–water partition coefficient (Wildman–Crippen LogP) is 0.911. The molecule has 0 aromatic heterocycles. The van der Waals surface area contributed by atoms with Crippen LogP contribution in [0.2, 0.25) is 0 Å². The Balaban J connectivity index is 0. The highest BCUT2D eigenvalue weighted by Gasteiger charge is 2.13. The van der Waals surface area contributed by atoms with Crippen LogP contribution in [0.3, 0.4) is 0 Å². The summed E-state index contributed by atoms with van der Waals surface area (Å²) in [6.07, 6.45) is 1.18. The molecule has 0 atom stereocenters. The maximum Gasteiger partial charge on any atom is 0.469 e. The van der Waals surface area contributed by atoms with Crippen molar-refractivity contribution in [1.29, 1.82) is 5.26 Å². The van der Waals surface area contributed by atoms with Gasteiger partial charge < -0.3 is 14.5 Å². The molecule has 0 amide bonds. The van der Waals surface area contributed by atoms with Crippen LogP contribution in [0.5, 0.6) is 0 Å². The van der Waals surface area contributed by atoms with Gasteiger partial charge in [0.1, 0.15) is 6.61 Å². The van der Waals surface area contributed by atoms with Crippen LogP contribution in [0, 0.1) is 11.3 Å². The van der Waals surface area contributed by atoms with Crippen molar-refractivity contribution < 1.29 is 28.4 Å². The molecular formula is C9H14NO6P. The van der Waals surface area contributed by atoms with Crippen LogP contribution in [0.4, 0.5) is 0 Å². The first kappa shape index (κ1) is 17.9. The second-order valence-corrected chi connectivity index (χ2v) is 3.81. The minimum absolute atomic E-state index is 0.212. The molecule has 0 spiro atoms. The Morgan fingerprint density at radius 1 is 1.53 bits per heavy atom. The molecule has 96 valence electrons. The first-order valence-corrected chi connectivity index (χ1v) is 5.81. The van der Waals surface area contributed by atoms with E-state index in [9.17, 15) is 9.36 Å². The standard InChI is InChI=1S/C6H11O6P.C3H3N/c1-5(2)6(7)11-3-4-12-13(8,9)10;1-2-3-4/h1,3-4H2,2H3,(H2,8,9,10);2H,1H2. The van der Waals surface area contributed by atoms with Crippen LogP contribution >= 0.6 is 7.82 Å². The zero-order valence-corrected chi connectivity index (χ0v) is 10.2. The molecule has 0 aliphatic heterocycles. The quantitative estimate of drug-likeness (QED) is 0.249. The number of phosphoric acid groups is 1. The van der Waals surface area contributed by atoms with Gasteiger partial charge in [0, 0.05) is 11.6 Å². The van der Waals surface area contributed by atoms with Crippen molar-refractivity contribution in [3.63, 3.8) is 0 Å². The molecule has 0 saturated heterocycles. The van der Waals surface area contributed by atoms with E-state index in [1.165, 1.54) is 13.0 Å². The monoisotopic (exact) mass is 263 g/mol. The molecule has 0 aliphatic carbocycles. The smallest absolute Gasteiger partial charge is 0.460 e. The highest BCUT2D eigenvalue weighted by atomic mass is 31.2. The maximum absolute atomic E-state index is 10.7. The summed E-state index contributed by atoms with van der Waals surface area (Å²) in [6.45, 7) is 7.34. The van der Waals surface area contributed by atoms with Gasteiger partial charge in [-0.15, -0.1) is 0 Å². The second-order valence-electron chi connectivity index (χ2n) is 2.57. The second kappa shape index (κ2) is 9.75. The molecule has 0 rings (SSSR count). The molecule has 0 fully saturated rings. The number of phosphoric ester groups is 1. The summed E-state index contributed by atoms with van der Waals surface area (Å²) in [5, 5.41) is 7.51. The molecule has 0 radical (unpaired) electrons. The van der Waals surface area contributed by atoms with Gasteiger partial charge in [-0.3, -0.25) is 4.52 Å².